The number of aromatic nitrogens is 2. The summed E-state index contributed by atoms with van der Waals surface area (Å²) in [5.74, 6) is 0.129. The van der Waals surface area contributed by atoms with E-state index in [1.807, 2.05) is 17.8 Å². The first-order chi connectivity index (χ1) is 7.16. The monoisotopic (exact) mass is 208 g/mol. The van der Waals surface area contributed by atoms with Crippen molar-refractivity contribution in [1.29, 1.82) is 0 Å². The molecule has 1 fully saturated rings. The maximum absolute atomic E-state index is 11.0. The molecule has 0 spiro atoms. The van der Waals surface area contributed by atoms with E-state index in [0.717, 1.165) is 12.2 Å². The van der Waals surface area contributed by atoms with Crippen LogP contribution in [0.15, 0.2) is 12.3 Å². The quantitative estimate of drug-likeness (QED) is 0.732. The molecule has 0 bridgehead atoms. The molecular weight excluding hydrogens is 192 g/mol. The highest BCUT2D eigenvalue weighted by atomic mass is 16.1. The standard InChI is InChI=1S/C10H16N4O/c1-7(9-3-4-12-14(9)2)13-8-5-10(15)11-6-8/h3-4,7-8,13H,5-6H2,1-2H3,(H,11,15). The molecule has 1 aliphatic rings. The fraction of sp³-hybridized carbons (Fsp3) is 0.600. The third kappa shape index (κ3) is 2.18. The van der Waals surface area contributed by atoms with Crippen LogP contribution in [0.1, 0.15) is 25.1 Å². The zero-order chi connectivity index (χ0) is 10.8. The number of hydrogen-bond donors (Lipinski definition) is 2. The molecule has 5 nitrogen and oxygen atoms in total. The minimum absolute atomic E-state index is 0.129. The molecule has 2 rings (SSSR count). The van der Waals surface area contributed by atoms with Gasteiger partial charge in [0.2, 0.25) is 5.91 Å². The number of amides is 1. The van der Waals surface area contributed by atoms with E-state index in [1.54, 1.807) is 6.20 Å². The second-order valence-electron chi connectivity index (χ2n) is 3.97. The number of hydrogen-bond acceptors (Lipinski definition) is 3. The number of nitrogens with one attached hydrogen (secondary N) is 2. The third-order valence-corrected chi connectivity index (χ3v) is 2.77. The van der Waals surface area contributed by atoms with Gasteiger partial charge in [-0.2, -0.15) is 5.10 Å². The summed E-state index contributed by atoms with van der Waals surface area (Å²) in [5.41, 5.74) is 1.13. The van der Waals surface area contributed by atoms with Crippen molar-refractivity contribution in [3.8, 4) is 0 Å². The Balaban J connectivity index is 1.95. The van der Waals surface area contributed by atoms with Gasteiger partial charge >= 0.3 is 0 Å². The number of carbonyl (C=O) groups is 1. The molecule has 1 saturated heterocycles. The van der Waals surface area contributed by atoms with Gasteiger partial charge in [-0.3, -0.25) is 9.48 Å². The molecule has 0 saturated carbocycles. The highest BCUT2D eigenvalue weighted by Gasteiger charge is 2.23. The summed E-state index contributed by atoms with van der Waals surface area (Å²) in [5, 5.41) is 10.3. The molecular formula is C10H16N4O. The van der Waals surface area contributed by atoms with Gasteiger partial charge in [0.05, 0.1) is 5.69 Å². The molecule has 2 N–H and O–H groups in total. The number of aryl methyl sites for hydroxylation is 1. The summed E-state index contributed by atoms with van der Waals surface area (Å²) in [6.45, 7) is 2.81. The molecule has 2 unspecified atom stereocenters. The Kier molecular flexibility index (Phi) is 2.73. The number of nitrogens with zero attached hydrogens (tertiary/aromatic N) is 2. The van der Waals surface area contributed by atoms with Crippen LogP contribution >= 0.6 is 0 Å². The minimum atomic E-state index is 0.129. The van der Waals surface area contributed by atoms with Crippen molar-refractivity contribution in [2.45, 2.75) is 25.4 Å². The Morgan fingerprint density at radius 2 is 2.53 bits per heavy atom. The second kappa shape index (κ2) is 4.02. The first kappa shape index (κ1) is 10.2. The maximum atomic E-state index is 11.0. The van der Waals surface area contributed by atoms with Crippen molar-refractivity contribution in [3.05, 3.63) is 18.0 Å². The topological polar surface area (TPSA) is 58.9 Å². The van der Waals surface area contributed by atoms with Gasteiger partial charge in [-0.25, -0.2) is 0 Å². The van der Waals surface area contributed by atoms with E-state index in [1.165, 1.54) is 0 Å². The highest BCUT2D eigenvalue weighted by Crippen LogP contribution is 2.13. The Labute approximate surface area is 88.8 Å². The lowest BCUT2D eigenvalue weighted by molar-refractivity contribution is -0.119. The van der Waals surface area contributed by atoms with Gasteiger partial charge in [-0.05, 0) is 13.0 Å². The second-order valence-corrected chi connectivity index (χ2v) is 3.97. The zero-order valence-corrected chi connectivity index (χ0v) is 9.03. The van der Waals surface area contributed by atoms with Gasteiger partial charge in [0.25, 0.3) is 0 Å². The molecule has 1 aliphatic heterocycles. The summed E-state index contributed by atoms with van der Waals surface area (Å²) < 4.78 is 1.85. The minimum Gasteiger partial charge on any atom is -0.354 e. The molecule has 0 aromatic carbocycles. The third-order valence-electron chi connectivity index (χ3n) is 2.77. The molecule has 1 aromatic heterocycles. The SMILES string of the molecule is CC(NC1CNC(=O)C1)c1ccnn1C. The maximum Gasteiger partial charge on any atom is 0.221 e. The number of rotatable bonds is 3. The predicted molar refractivity (Wildman–Crippen MR) is 56.2 cm³/mol. The van der Waals surface area contributed by atoms with Crippen molar-refractivity contribution in [1.82, 2.24) is 20.4 Å². The van der Waals surface area contributed by atoms with Crippen molar-refractivity contribution in [3.63, 3.8) is 0 Å². The molecule has 15 heavy (non-hydrogen) atoms. The molecule has 1 amide bonds. The first-order valence-corrected chi connectivity index (χ1v) is 5.17. The Morgan fingerprint density at radius 3 is 3.07 bits per heavy atom. The largest absolute Gasteiger partial charge is 0.354 e. The van der Waals surface area contributed by atoms with Crippen molar-refractivity contribution < 1.29 is 4.79 Å². The molecule has 0 radical (unpaired) electrons. The summed E-state index contributed by atoms with van der Waals surface area (Å²) in [7, 11) is 1.92. The fourth-order valence-corrected chi connectivity index (χ4v) is 1.97. The Bertz CT molecular complexity index is 360. The van der Waals surface area contributed by atoms with Crippen LogP contribution in [0.25, 0.3) is 0 Å². The van der Waals surface area contributed by atoms with E-state index in [-0.39, 0.29) is 18.0 Å². The summed E-state index contributed by atoms with van der Waals surface area (Å²) >= 11 is 0. The van der Waals surface area contributed by atoms with Crippen LogP contribution in [0.4, 0.5) is 0 Å². The fourth-order valence-electron chi connectivity index (χ4n) is 1.97. The lowest BCUT2D eigenvalue weighted by Crippen LogP contribution is -2.33. The smallest absolute Gasteiger partial charge is 0.221 e. The molecule has 5 heteroatoms. The van der Waals surface area contributed by atoms with Crippen molar-refractivity contribution in [2.75, 3.05) is 6.54 Å². The first-order valence-electron chi connectivity index (χ1n) is 5.17. The van der Waals surface area contributed by atoms with Gasteiger partial charge in [0.15, 0.2) is 0 Å². The van der Waals surface area contributed by atoms with E-state index in [4.69, 9.17) is 0 Å². The predicted octanol–water partition coefficient (Wildman–Crippen LogP) is -0.0408. The summed E-state index contributed by atoms with van der Waals surface area (Å²) in [6, 6.07) is 2.44. The molecule has 1 aromatic rings. The molecule has 82 valence electrons. The van der Waals surface area contributed by atoms with E-state index >= 15 is 0 Å². The van der Waals surface area contributed by atoms with Crippen LogP contribution in [0.5, 0.6) is 0 Å². The van der Waals surface area contributed by atoms with Crippen LogP contribution < -0.4 is 10.6 Å². The van der Waals surface area contributed by atoms with Gasteiger partial charge in [0.1, 0.15) is 0 Å². The Hall–Kier alpha value is -1.36. The van der Waals surface area contributed by atoms with Gasteiger partial charge in [-0.15, -0.1) is 0 Å². The van der Waals surface area contributed by atoms with E-state index in [9.17, 15) is 4.79 Å². The van der Waals surface area contributed by atoms with E-state index in [0.29, 0.717) is 6.42 Å². The average Bonchev–Trinajstić information content (AvgIpc) is 2.75. The normalized spacial score (nSPS) is 22.8. The van der Waals surface area contributed by atoms with Crippen molar-refractivity contribution >= 4 is 5.91 Å². The lowest BCUT2D eigenvalue weighted by atomic mass is 10.2. The van der Waals surface area contributed by atoms with Crippen LogP contribution in [-0.4, -0.2) is 28.3 Å². The molecule has 0 aliphatic carbocycles. The summed E-state index contributed by atoms with van der Waals surface area (Å²) in [6.07, 6.45) is 2.35. The van der Waals surface area contributed by atoms with Gasteiger partial charge in [0, 0.05) is 38.3 Å². The van der Waals surface area contributed by atoms with Crippen LogP contribution in [0, 0.1) is 0 Å². The van der Waals surface area contributed by atoms with Crippen LogP contribution in [-0.2, 0) is 11.8 Å². The number of carbonyl (C=O) groups excluding carboxylic acids is 1. The van der Waals surface area contributed by atoms with Crippen LogP contribution in [0.3, 0.4) is 0 Å². The van der Waals surface area contributed by atoms with Gasteiger partial charge in [-0.1, -0.05) is 0 Å². The Morgan fingerprint density at radius 1 is 1.73 bits per heavy atom. The van der Waals surface area contributed by atoms with E-state index < -0.39 is 0 Å². The average molecular weight is 208 g/mol. The zero-order valence-electron chi connectivity index (χ0n) is 9.03. The summed E-state index contributed by atoms with van der Waals surface area (Å²) in [4.78, 5) is 11.0. The van der Waals surface area contributed by atoms with Crippen LogP contribution in [0.2, 0.25) is 0 Å². The molecule has 2 atom stereocenters. The van der Waals surface area contributed by atoms with E-state index in [2.05, 4.69) is 22.7 Å². The van der Waals surface area contributed by atoms with Gasteiger partial charge < -0.3 is 10.6 Å². The van der Waals surface area contributed by atoms with Crippen molar-refractivity contribution in [2.24, 2.45) is 7.05 Å². The lowest BCUT2D eigenvalue weighted by Gasteiger charge is -2.18. The highest BCUT2D eigenvalue weighted by molar-refractivity contribution is 5.78. The molecule has 2 heterocycles.